The molecule has 1 aliphatic heterocycles. The summed E-state index contributed by atoms with van der Waals surface area (Å²) >= 11 is 0. The predicted molar refractivity (Wildman–Crippen MR) is 97.5 cm³/mol. The van der Waals surface area contributed by atoms with Crippen molar-refractivity contribution in [2.75, 3.05) is 20.7 Å². The molecule has 8 nitrogen and oxygen atoms in total. The van der Waals surface area contributed by atoms with Crippen molar-refractivity contribution in [1.82, 2.24) is 19.5 Å². The third-order valence-corrected chi connectivity index (χ3v) is 4.19. The molecule has 0 aromatic carbocycles. The molecule has 0 saturated carbocycles. The average molecular weight is 359 g/mol. The van der Waals surface area contributed by atoms with Crippen LogP contribution in [0.15, 0.2) is 23.5 Å². The summed E-state index contributed by atoms with van der Waals surface area (Å²) in [5, 5.41) is 4.35. The van der Waals surface area contributed by atoms with Crippen LogP contribution in [0, 0.1) is 5.92 Å². The van der Waals surface area contributed by atoms with Gasteiger partial charge in [0.25, 0.3) is 0 Å². The van der Waals surface area contributed by atoms with E-state index in [0.717, 1.165) is 24.1 Å². The molecular formula is C18H25N5O3. The van der Waals surface area contributed by atoms with Gasteiger partial charge in [0.15, 0.2) is 5.82 Å². The number of fused-ring (bicyclic) bond motifs is 1. The van der Waals surface area contributed by atoms with Gasteiger partial charge < -0.3 is 14.4 Å². The quantitative estimate of drug-likeness (QED) is 0.447. The molecule has 0 spiro atoms. The Hall–Kier alpha value is -2.48. The predicted octanol–water partition coefficient (Wildman–Crippen LogP) is 2.37. The lowest BCUT2D eigenvalue weighted by molar-refractivity contribution is -0.151. The van der Waals surface area contributed by atoms with Gasteiger partial charge in [-0.2, -0.15) is 5.10 Å². The summed E-state index contributed by atoms with van der Waals surface area (Å²) in [6.45, 7) is 3.94. The molecule has 3 heterocycles. The Balaban J connectivity index is 1.72. The second-order valence-corrected chi connectivity index (χ2v) is 6.96. The van der Waals surface area contributed by atoms with E-state index in [9.17, 15) is 4.79 Å². The lowest BCUT2D eigenvalue weighted by atomic mass is 10.1. The fraction of sp³-hybridized carbons (Fsp3) is 0.556. The molecule has 8 heteroatoms. The van der Waals surface area contributed by atoms with Gasteiger partial charge in [-0.25, -0.2) is 14.5 Å². The van der Waals surface area contributed by atoms with E-state index in [2.05, 4.69) is 15.1 Å². The number of esters is 1. The van der Waals surface area contributed by atoms with Gasteiger partial charge in [0.2, 0.25) is 0 Å². The first kappa shape index (κ1) is 18.3. The highest BCUT2D eigenvalue weighted by Crippen LogP contribution is 2.34. The van der Waals surface area contributed by atoms with Crippen LogP contribution in [-0.2, 0) is 14.3 Å². The van der Waals surface area contributed by atoms with Gasteiger partial charge in [0.1, 0.15) is 24.6 Å². The molecule has 3 rings (SSSR count). The number of aromatic nitrogens is 3. The fourth-order valence-corrected chi connectivity index (χ4v) is 2.84. The maximum absolute atomic E-state index is 11.6. The van der Waals surface area contributed by atoms with Gasteiger partial charge in [0, 0.05) is 14.1 Å². The summed E-state index contributed by atoms with van der Waals surface area (Å²) in [7, 11) is 3.81. The van der Waals surface area contributed by atoms with Gasteiger partial charge in [-0.3, -0.25) is 4.79 Å². The lowest BCUT2D eigenvalue weighted by Gasteiger charge is -2.15. The first-order valence-corrected chi connectivity index (χ1v) is 8.81. The molecule has 140 valence electrons. The van der Waals surface area contributed by atoms with Gasteiger partial charge in [-0.05, 0) is 25.0 Å². The summed E-state index contributed by atoms with van der Waals surface area (Å²) in [6, 6.07) is 3.94. The van der Waals surface area contributed by atoms with E-state index < -0.39 is 0 Å². The second-order valence-electron chi connectivity index (χ2n) is 6.96. The van der Waals surface area contributed by atoms with E-state index in [-0.39, 0.29) is 24.1 Å². The van der Waals surface area contributed by atoms with Crippen LogP contribution < -0.4 is 0 Å². The third kappa shape index (κ3) is 4.01. The average Bonchev–Trinajstić information content (AvgIpc) is 3.24. The molecule has 0 amide bonds. The molecular weight excluding hydrogens is 334 g/mol. The molecule has 0 bridgehead atoms. The van der Waals surface area contributed by atoms with E-state index in [1.54, 1.807) is 6.34 Å². The SMILES string of the molecule is CC(C)C(=O)OC[C@@H]1CC[C@H](c2ccc3c(/N=C\N(C)C)ncnn23)O1. The summed E-state index contributed by atoms with van der Waals surface area (Å²) in [6.07, 6.45) is 4.74. The maximum atomic E-state index is 11.6. The minimum absolute atomic E-state index is 0.0821. The van der Waals surface area contributed by atoms with Gasteiger partial charge in [0.05, 0.1) is 24.1 Å². The van der Waals surface area contributed by atoms with Crippen LogP contribution in [0.2, 0.25) is 0 Å². The monoisotopic (exact) mass is 359 g/mol. The Morgan fingerprint density at radius 1 is 1.46 bits per heavy atom. The van der Waals surface area contributed by atoms with Crippen molar-refractivity contribution in [2.24, 2.45) is 10.9 Å². The molecule has 2 aromatic heterocycles. The standard InChI is InChI=1S/C18H25N5O3/c1-12(2)18(24)25-9-13-5-8-16(26-13)14-6-7-15-17(20-11-22(3)4)19-10-21-23(14)15/h6-7,10-13,16H,5,8-9H2,1-4H3/b20-11-/t13-,16+/m0/s1. The molecule has 2 atom stereocenters. The van der Waals surface area contributed by atoms with Crippen molar-refractivity contribution in [2.45, 2.75) is 38.9 Å². The Kier molecular flexibility index (Phi) is 5.51. The molecule has 1 saturated heterocycles. The molecule has 0 unspecified atom stereocenters. The van der Waals surface area contributed by atoms with Crippen molar-refractivity contribution >= 4 is 23.6 Å². The largest absolute Gasteiger partial charge is 0.463 e. The highest BCUT2D eigenvalue weighted by molar-refractivity contribution is 5.71. The number of carbonyl (C=O) groups is 1. The van der Waals surface area contributed by atoms with Crippen LogP contribution >= 0.6 is 0 Å². The normalized spacial score (nSPS) is 20.3. The van der Waals surface area contributed by atoms with E-state index >= 15 is 0 Å². The Morgan fingerprint density at radius 3 is 3.00 bits per heavy atom. The lowest BCUT2D eigenvalue weighted by Crippen LogP contribution is -2.21. The number of hydrogen-bond donors (Lipinski definition) is 0. The molecule has 26 heavy (non-hydrogen) atoms. The van der Waals surface area contributed by atoms with E-state index in [1.807, 2.05) is 49.5 Å². The van der Waals surface area contributed by atoms with Crippen LogP contribution in [0.5, 0.6) is 0 Å². The second kappa shape index (κ2) is 7.82. The van der Waals surface area contributed by atoms with Crippen LogP contribution in [0.1, 0.15) is 38.5 Å². The van der Waals surface area contributed by atoms with Crippen molar-refractivity contribution in [3.63, 3.8) is 0 Å². The van der Waals surface area contributed by atoms with Crippen molar-refractivity contribution in [3.8, 4) is 0 Å². The minimum Gasteiger partial charge on any atom is -0.463 e. The van der Waals surface area contributed by atoms with E-state index in [0.29, 0.717) is 12.4 Å². The van der Waals surface area contributed by atoms with Gasteiger partial charge in [-0.1, -0.05) is 13.8 Å². The fourth-order valence-electron chi connectivity index (χ4n) is 2.84. The summed E-state index contributed by atoms with van der Waals surface area (Å²) < 4.78 is 13.2. The number of rotatable bonds is 6. The number of ether oxygens (including phenoxy) is 2. The number of aliphatic imine (C=N–C) groups is 1. The molecule has 1 aliphatic rings. The van der Waals surface area contributed by atoms with Crippen LogP contribution in [0.4, 0.5) is 5.82 Å². The summed E-state index contributed by atoms with van der Waals surface area (Å²) in [5.41, 5.74) is 1.79. The van der Waals surface area contributed by atoms with Gasteiger partial charge >= 0.3 is 5.97 Å². The van der Waals surface area contributed by atoms with E-state index in [4.69, 9.17) is 9.47 Å². The first-order valence-electron chi connectivity index (χ1n) is 8.81. The summed E-state index contributed by atoms with van der Waals surface area (Å²) in [4.78, 5) is 22.1. The zero-order chi connectivity index (χ0) is 18.7. The first-order chi connectivity index (χ1) is 12.5. The Bertz CT molecular complexity index is 799. The van der Waals surface area contributed by atoms with Crippen LogP contribution in [0.3, 0.4) is 0 Å². The number of nitrogens with zero attached hydrogens (tertiary/aromatic N) is 5. The Morgan fingerprint density at radius 2 is 2.27 bits per heavy atom. The highest BCUT2D eigenvalue weighted by Gasteiger charge is 2.30. The topological polar surface area (TPSA) is 81.3 Å². The number of hydrogen-bond acceptors (Lipinski definition) is 6. The van der Waals surface area contributed by atoms with Crippen LogP contribution in [-0.4, -0.2) is 58.6 Å². The third-order valence-electron chi connectivity index (χ3n) is 4.19. The molecule has 2 aromatic rings. The van der Waals surface area contributed by atoms with Crippen molar-refractivity contribution in [3.05, 3.63) is 24.2 Å². The molecule has 0 aliphatic carbocycles. The smallest absolute Gasteiger partial charge is 0.308 e. The number of carbonyl (C=O) groups excluding carboxylic acids is 1. The maximum Gasteiger partial charge on any atom is 0.308 e. The molecule has 0 N–H and O–H groups in total. The van der Waals surface area contributed by atoms with Crippen molar-refractivity contribution in [1.29, 1.82) is 0 Å². The zero-order valence-electron chi connectivity index (χ0n) is 15.6. The highest BCUT2D eigenvalue weighted by atomic mass is 16.6. The molecule has 1 fully saturated rings. The van der Waals surface area contributed by atoms with Crippen LogP contribution in [0.25, 0.3) is 5.52 Å². The summed E-state index contributed by atoms with van der Waals surface area (Å²) in [5.74, 6) is 0.293. The molecule has 0 radical (unpaired) electrons. The van der Waals surface area contributed by atoms with Gasteiger partial charge in [-0.15, -0.1) is 0 Å². The van der Waals surface area contributed by atoms with E-state index in [1.165, 1.54) is 6.33 Å². The zero-order valence-corrected chi connectivity index (χ0v) is 15.6. The Labute approximate surface area is 152 Å². The van der Waals surface area contributed by atoms with Crippen molar-refractivity contribution < 1.29 is 14.3 Å². The minimum atomic E-state index is -0.193.